The number of amides is 2. The molecular formula is C20H23ClN4O2S. The number of aromatic nitrogens is 2. The lowest BCUT2D eigenvalue weighted by Gasteiger charge is -2.31. The number of anilines is 1. The molecule has 4 rings (SSSR count). The Kier molecular flexibility index (Phi) is 5.92. The molecule has 2 aromatic rings. The van der Waals surface area contributed by atoms with Crippen LogP contribution in [-0.2, 0) is 16.0 Å². The zero-order valence-electron chi connectivity index (χ0n) is 15.6. The SMILES string of the molecule is O=C(Nc1nnc(Cc2ccc(Cl)cc2)s1)[C@@H]1CC(=O)N(C2CCCCC2)C1. The van der Waals surface area contributed by atoms with Gasteiger partial charge in [0.2, 0.25) is 16.9 Å². The molecule has 1 aliphatic carbocycles. The van der Waals surface area contributed by atoms with Crippen LogP contribution < -0.4 is 5.32 Å². The number of rotatable bonds is 5. The lowest BCUT2D eigenvalue weighted by molar-refractivity contribution is -0.130. The fraction of sp³-hybridized carbons (Fsp3) is 0.500. The molecule has 2 heterocycles. The van der Waals surface area contributed by atoms with Crippen molar-refractivity contribution in [3.63, 3.8) is 0 Å². The number of nitrogens with one attached hydrogen (secondary N) is 1. The summed E-state index contributed by atoms with van der Waals surface area (Å²) >= 11 is 7.27. The van der Waals surface area contributed by atoms with E-state index >= 15 is 0 Å². The Bertz CT molecular complexity index is 848. The van der Waals surface area contributed by atoms with Gasteiger partial charge in [0.1, 0.15) is 5.01 Å². The summed E-state index contributed by atoms with van der Waals surface area (Å²) in [6.07, 6.45) is 6.65. The van der Waals surface area contributed by atoms with Crippen molar-refractivity contribution >= 4 is 39.9 Å². The largest absolute Gasteiger partial charge is 0.339 e. The second kappa shape index (κ2) is 8.57. The van der Waals surface area contributed by atoms with Crippen LogP contribution in [0, 0.1) is 5.92 Å². The van der Waals surface area contributed by atoms with Crippen LogP contribution in [0.2, 0.25) is 5.02 Å². The number of carbonyl (C=O) groups is 2. The van der Waals surface area contributed by atoms with Crippen LogP contribution >= 0.6 is 22.9 Å². The van der Waals surface area contributed by atoms with Gasteiger partial charge in [0.25, 0.3) is 0 Å². The molecule has 0 spiro atoms. The fourth-order valence-corrected chi connectivity index (χ4v) is 4.92. The van der Waals surface area contributed by atoms with E-state index in [1.165, 1.54) is 30.6 Å². The molecule has 6 nitrogen and oxygen atoms in total. The van der Waals surface area contributed by atoms with Gasteiger partial charge in [0.15, 0.2) is 0 Å². The van der Waals surface area contributed by atoms with Crippen molar-refractivity contribution in [2.75, 3.05) is 11.9 Å². The van der Waals surface area contributed by atoms with Crippen LogP contribution in [0.15, 0.2) is 24.3 Å². The maximum absolute atomic E-state index is 12.6. The Hall–Kier alpha value is -1.99. The molecule has 1 atom stereocenters. The molecule has 1 N–H and O–H groups in total. The predicted octanol–water partition coefficient (Wildman–Crippen LogP) is 3.90. The van der Waals surface area contributed by atoms with Crippen molar-refractivity contribution in [1.82, 2.24) is 15.1 Å². The van der Waals surface area contributed by atoms with Gasteiger partial charge in [0, 0.05) is 30.5 Å². The minimum Gasteiger partial charge on any atom is -0.339 e. The molecular weight excluding hydrogens is 396 g/mol. The highest BCUT2D eigenvalue weighted by Crippen LogP contribution is 2.29. The molecule has 1 aromatic carbocycles. The average Bonchev–Trinajstić information content (AvgIpc) is 3.31. The molecule has 8 heteroatoms. The molecule has 0 unspecified atom stereocenters. The molecule has 28 heavy (non-hydrogen) atoms. The smallest absolute Gasteiger partial charge is 0.231 e. The number of hydrogen-bond donors (Lipinski definition) is 1. The van der Waals surface area contributed by atoms with Crippen LogP contribution in [0.3, 0.4) is 0 Å². The summed E-state index contributed by atoms with van der Waals surface area (Å²) in [7, 11) is 0. The summed E-state index contributed by atoms with van der Waals surface area (Å²) in [4.78, 5) is 26.9. The third kappa shape index (κ3) is 4.52. The van der Waals surface area contributed by atoms with E-state index in [-0.39, 0.29) is 17.7 Å². The van der Waals surface area contributed by atoms with Crippen molar-refractivity contribution in [1.29, 1.82) is 0 Å². The van der Waals surface area contributed by atoms with Gasteiger partial charge in [-0.05, 0) is 30.5 Å². The lowest BCUT2D eigenvalue weighted by Crippen LogP contribution is -2.38. The minimum atomic E-state index is -0.307. The monoisotopic (exact) mass is 418 g/mol. The van der Waals surface area contributed by atoms with E-state index in [1.54, 1.807) is 0 Å². The number of halogens is 1. The van der Waals surface area contributed by atoms with E-state index in [2.05, 4.69) is 15.5 Å². The Labute approximate surface area is 173 Å². The number of benzene rings is 1. The molecule has 1 aliphatic heterocycles. The van der Waals surface area contributed by atoms with Gasteiger partial charge in [-0.25, -0.2) is 0 Å². The first kappa shape index (κ1) is 19.3. The summed E-state index contributed by atoms with van der Waals surface area (Å²) in [6, 6.07) is 7.90. The van der Waals surface area contributed by atoms with Gasteiger partial charge in [-0.3, -0.25) is 9.59 Å². The Balaban J connectivity index is 1.33. The Morgan fingerprint density at radius 1 is 1.18 bits per heavy atom. The van der Waals surface area contributed by atoms with Crippen LogP contribution in [0.4, 0.5) is 5.13 Å². The number of hydrogen-bond acceptors (Lipinski definition) is 5. The molecule has 1 saturated carbocycles. The first-order chi connectivity index (χ1) is 13.6. The fourth-order valence-electron chi connectivity index (χ4n) is 4.01. The quantitative estimate of drug-likeness (QED) is 0.798. The third-order valence-electron chi connectivity index (χ3n) is 5.51. The highest BCUT2D eigenvalue weighted by Gasteiger charge is 2.38. The summed E-state index contributed by atoms with van der Waals surface area (Å²) < 4.78 is 0. The van der Waals surface area contributed by atoms with Crippen molar-refractivity contribution in [3.8, 4) is 0 Å². The van der Waals surface area contributed by atoms with E-state index in [0.717, 1.165) is 23.4 Å². The van der Waals surface area contributed by atoms with Gasteiger partial charge < -0.3 is 10.2 Å². The van der Waals surface area contributed by atoms with Crippen LogP contribution in [-0.4, -0.2) is 39.5 Å². The van der Waals surface area contributed by atoms with Crippen LogP contribution in [0.5, 0.6) is 0 Å². The molecule has 148 valence electrons. The third-order valence-corrected chi connectivity index (χ3v) is 6.60. The maximum Gasteiger partial charge on any atom is 0.231 e. The van der Waals surface area contributed by atoms with Gasteiger partial charge in [-0.15, -0.1) is 10.2 Å². The Morgan fingerprint density at radius 2 is 1.93 bits per heavy atom. The average molecular weight is 419 g/mol. The molecule has 1 saturated heterocycles. The standard InChI is InChI=1S/C20H23ClN4O2S/c21-15-8-6-13(7-9-15)10-17-23-24-20(28-17)22-19(27)14-11-18(26)25(12-14)16-4-2-1-3-5-16/h6-9,14,16H,1-5,10-12H2,(H,22,24,27)/t14-/m1/s1. The summed E-state index contributed by atoms with van der Waals surface area (Å²) in [5, 5.41) is 13.1. The maximum atomic E-state index is 12.6. The van der Waals surface area contributed by atoms with Crippen molar-refractivity contribution < 1.29 is 9.59 Å². The highest BCUT2D eigenvalue weighted by molar-refractivity contribution is 7.15. The summed E-state index contributed by atoms with van der Waals surface area (Å²) in [6.45, 7) is 0.520. The second-order valence-corrected chi connectivity index (χ2v) is 9.03. The van der Waals surface area contributed by atoms with E-state index in [4.69, 9.17) is 11.6 Å². The van der Waals surface area contributed by atoms with E-state index in [0.29, 0.717) is 35.6 Å². The summed E-state index contributed by atoms with van der Waals surface area (Å²) in [5.41, 5.74) is 1.09. The first-order valence-electron chi connectivity index (χ1n) is 9.75. The zero-order valence-corrected chi connectivity index (χ0v) is 17.1. The molecule has 0 radical (unpaired) electrons. The zero-order chi connectivity index (χ0) is 19.5. The van der Waals surface area contributed by atoms with E-state index in [9.17, 15) is 9.59 Å². The first-order valence-corrected chi connectivity index (χ1v) is 10.9. The van der Waals surface area contributed by atoms with Gasteiger partial charge in [0.05, 0.1) is 5.92 Å². The minimum absolute atomic E-state index is 0.104. The van der Waals surface area contributed by atoms with Gasteiger partial charge in [-0.2, -0.15) is 0 Å². The van der Waals surface area contributed by atoms with Crippen LogP contribution in [0.25, 0.3) is 0 Å². The van der Waals surface area contributed by atoms with E-state index in [1.807, 2.05) is 29.2 Å². The van der Waals surface area contributed by atoms with Gasteiger partial charge >= 0.3 is 0 Å². The van der Waals surface area contributed by atoms with Crippen molar-refractivity contribution in [2.45, 2.75) is 51.0 Å². The molecule has 1 aromatic heterocycles. The predicted molar refractivity (Wildman–Crippen MR) is 109 cm³/mol. The number of nitrogens with zero attached hydrogens (tertiary/aromatic N) is 3. The summed E-state index contributed by atoms with van der Waals surface area (Å²) in [5.74, 6) is -0.341. The topological polar surface area (TPSA) is 75.2 Å². The Morgan fingerprint density at radius 3 is 2.68 bits per heavy atom. The highest BCUT2D eigenvalue weighted by atomic mass is 35.5. The lowest BCUT2D eigenvalue weighted by atomic mass is 9.94. The molecule has 2 amide bonds. The number of carbonyl (C=O) groups excluding carboxylic acids is 2. The molecule has 2 fully saturated rings. The van der Waals surface area contributed by atoms with Crippen molar-refractivity contribution in [2.24, 2.45) is 5.92 Å². The van der Waals surface area contributed by atoms with Crippen LogP contribution in [0.1, 0.15) is 49.1 Å². The number of likely N-dealkylation sites (tertiary alicyclic amines) is 1. The van der Waals surface area contributed by atoms with E-state index < -0.39 is 0 Å². The molecule has 2 aliphatic rings. The second-order valence-electron chi connectivity index (χ2n) is 7.53. The van der Waals surface area contributed by atoms with Gasteiger partial charge in [-0.1, -0.05) is 54.3 Å². The normalized spacial score (nSPS) is 20.5. The van der Waals surface area contributed by atoms with Crippen molar-refractivity contribution in [3.05, 3.63) is 39.9 Å². The molecule has 0 bridgehead atoms.